The molecule has 4 aliphatic carbocycles. The Balaban J connectivity index is 1.25. The highest BCUT2D eigenvalue weighted by Crippen LogP contribution is 2.57. The van der Waals surface area contributed by atoms with Gasteiger partial charge in [-0.05, 0) is 70.9 Å². The van der Waals surface area contributed by atoms with Gasteiger partial charge in [-0.1, -0.05) is 0 Å². The number of nitrogens with zero attached hydrogens (tertiary/aromatic N) is 4. The topological polar surface area (TPSA) is 138 Å². The number of aryl methyl sites for hydroxylation is 1. The number of alkyl halides is 3. The highest BCUT2D eigenvalue weighted by atomic mass is 19.4. The second kappa shape index (κ2) is 10.1. The van der Waals surface area contributed by atoms with Gasteiger partial charge in [-0.15, -0.1) is 0 Å². The van der Waals surface area contributed by atoms with Gasteiger partial charge in [-0.3, -0.25) is 5.10 Å². The van der Waals surface area contributed by atoms with E-state index in [4.69, 9.17) is 9.47 Å². The molecule has 1 aliphatic heterocycles. The summed E-state index contributed by atoms with van der Waals surface area (Å²) in [5, 5.41) is 24.8. The molecule has 5 aliphatic rings. The standard InChI is InChI=1S/C26H34F3N7O4/c1-13-6-19(35-34-13)30-18-9-20(39-12-16-4-3-5-36(16)2)32-24(31-18)33-21-15-7-14-8-17(21)22(25(38,10-14)11-15)40-23(37)26(27,28)29/h6,9,14-17,21-22,38H,3-5,7-8,10-12H2,1-2H3,(H3,30,31,32,33,34,35)/t14?,15?,16-,17?,21?,22?,25?/m0/s1. The van der Waals surface area contributed by atoms with Crippen molar-refractivity contribution in [3.63, 3.8) is 0 Å². The molecule has 218 valence electrons. The van der Waals surface area contributed by atoms with Crippen LogP contribution in [-0.4, -0.2) is 86.3 Å². The summed E-state index contributed by atoms with van der Waals surface area (Å²) in [5.74, 6) is -1.11. The van der Waals surface area contributed by atoms with Crippen LogP contribution in [-0.2, 0) is 9.53 Å². The Kier molecular flexibility index (Phi) is 6.80. The molecular formula is C26H34F3N7O4. The monoisotopic (exact) mass is 565 g/mol. The Bertz CT molecular complexity index is 1260. The van der Waals surface area contributed by atoms with Crippen LogP contribution in [0, 0.1) is 24.7 Å². The van der Waals surface area contributed by atoms with Crippen LogP contribution in [0.25, 0.3) is 0 Å². The Morgan fingerprint density at radius 3 is 2.77 bits per heavy atom. The van der Waals surface area contributed by atoms with E-state index in [-0.39, 0.29) is 36.3 Å². The van der Waals surface area contributed by atoms with E-state index < -0.39 is 29.8 Å². The molecule has 2 aromatic heterocycles. The summed E-state index contributed by atoms with van der Waals surface area (Å²) in [6.07, 6.45) is -2.37. The predicted molar refractivity (Wildman–Crippen MR) is 137 cm³/mol. The lowest BCUT2D eigenvalue weighted by molar-refractivity contribution is -0.249. The molecule has 14 heteroatoms. The van der Waals surface area contributed by atoms with E-state index in [1.165, 1.54) is 0 Å². The average Bonchev–Trinajstić information content (AvgIpc) is 3.48. The minimum absolute atomic E-state index is 0.0333. The van der Waals surface area contributed by atoms with E-state index in [9.17, 15) is 23.1 Å². The number of aromatic nitrogens is 4. The molecule has 0 amide bonds. The van der Waals surface area contributed by atoms with Crippen LogP contribution in [0.2, 0.25) is 0 Å². The normalized spacial score (nSPS) is 33.2. The Hall–Kier alpha value is -3.13. The molecule has 2 aromatic rings. The molecule has 4 N–H and O–H groups in total. The Morgan fingerprint density at radius 1 is 1.25 bits per heavy atom. The first-order chi connectivity index (χ1) is 19.0. The molecule has 6 unspecified atom stereocenters. The van der Waals surface area contributed by atoms with Crippen LogP contribution in [0.5, 0.6) is 5.88 Å². The fourth-order valence-corrected chi connectivity index (χ4v) is 7.27. The SMILES string of the molecule is Cc1cc(Nc2cc(OC[C@@H]3CCCN3C)nc(NC3C4CC5CC3C(OC(=O)C(F)(F)F)C(O)(C5)C4)n2)n[nH]1. The Labute approximate surface area is 229 Å². The smallest absolute Gasteiger partial charge is 0.476 e. The third-order valence-electron chi connectivity index (χ3n) is 8.91. The van der Waals surface area contributed by atoms with Gasteiger partial charge in [0.05, 0.1) is 0 Å². The number of esters is 1. The van der Waals surface area contributed by atoms with Crippen molar-refractivity contribution in [2.45, 2.75) is 75.4 Å². The van der Waals surface area contributed by atoms with Gasteiger partial charge in [-0.25, -0.2) is 4.79 Å². The van der Waals surface area contributed by atoms with Gasteiger partial charge in [-0.2, -0.15) is 28.2 Å². The lowest BCUT2D eigenvalue weighted by Crippen LogP contribution is -2.68. The molecule has 40 heavy (non-hydrogen) atoms. The molecule has 1 saturated heterocycles. The number of halogens is 3. The zero-order chi connectivity index (χ0) is 28.2. The molecule has 0 aromatic carbocycles. The van der Waals surface area contributed by atoms with Crippen LogP contribution in [0.15, 0.2) is 12.1 Å². The summed E-state index contributed by atoms with van der Waals surface area (Å²) < 4.78 is 50.3. The maximum absolute atomic E-state index is 13.1. The number of likely N-dealkylation sites (N-methyl/N-ethyl adjacent to an activating group) is 1. The summed E-state index contributed by atoms with van der Waals surface area (Å²) in [5.41, 5.74) is -0.610. The quantitative estimate of drug-likeness (QED) is 0.353. The van der Waals surface area contributed by atoms with E-state index >= 15 is 0 Å². The number of H-pyrrole nitrogens is 1. The van der Waals surface area contributed by atoms with Gasteiger partial charge in [0.1, 0.15) is 24.1 Å². The molecular weight excluding hydrogens is 531 g/mol. The highest BCUT2D eigenvalue weighted by molar-refractivity contribution is 5.76. The van der Waals surface area contributed by atoms with E-state index in [1.54, 1.807) is 6.07 Å². The van der Waals surface area contributed by atoms with Crippen molar-refractivity contribution in [2.75, 3.05) is 30.8 Å². The third-order valence-corrected chi connectivity index (χ3v) is 8.91. The van der Waals surface area contributed by atoms with Crippen molar-refractivity contribution in [3.8, 4) is 5.88 Å². The number of carbonyl (C=O) groups is 1. The predicted octanol–water partition coefficient (Wildman–Crippen LogP) is 3.16. The number of likely N-dealkylation sites (tertiary alicyclic amines) is 1. The van der Waals surface area contributed by atoms with E-state index in [2.05, 4.69) is 42.7 Å². The van der Waals surface area contributed by atoms with Gasteiger partial charge in [0, 0.05) is 35.8 Å². The molecule has 4 saturated carbocycles. The van der Waals surface area contributed by atoms with Crippen LogP contribution in [0.1, 0.15) is 44.2 Å². The number of carbonyl (C=O) groups excluding carboxylic acids is 1. The van der Waals surface area contributed by atoms with Crippen LogP contribution < -0.4 is 15.4 Å². The molecule has 5 fully saturated rings. The van der Waals surface area contributed by atoms with E-state index in [1.807, 2.05) is 13.0 Å². The Morgan fingerprint density at radius 2 is 2.08 bits per heavy atom. The van der Waals surface area contributed by atoms with Gasteiger partial charge in [0.15, 0.2) is 5.82 Å². The van der Waals surface area contributed by atoms with E-state index in [0.29, 0.717) is 37.0 Å². The summed E-state index contributed by atoms with van der Waals surface area (Å²) in [6, 6.07) is 3.38. The fourth-order valence-electron chi connectivity index (χ4n) is 7.27. The third kappa shape index (κ3) is 5.30. The van der Waals surface area contributed by atoms with Gasteiger partial charge in [0.2, 0.25) is 11.8 Å². The summed E-state index contributed by atoms with van der Waals surface area (Å²) in [7, 11) is 2.06. The van der Waals surface area contributed by atoms with Gasteiger partial charge < -0.3 is 30.1 Å². The lowest BCUT2D eigenvalue weighted by atomic mass is 9.51. The highest BCUT2D eigenvalue weighted by Gasteiger charge is 2.63. The van der Waals surface area contributed by atoms with Gasteiger partial charge in [0.25, 0.3) is 0 Å². The van der Waals surface area contributed by atoms with E-state index in [0.717, 1.165) is 31.5 Å². The second-order valence-electron chi connectivity index (χ2n) is 11.8. The average molecular weight is 566 g/mol. The maximum atomic E-state index is 13.1. The zero-order valence-electron chi connectivity index (χ0n) is 22.4. The minimum Gasteiger partial charge on any atom is -0.476 e. The number of aliphatic hydroxyl groups is 1. The van der Waals surface area contributed by atoms with Crippen LogP contribution in [0.4, 0.5) is 30.8 Å². The van der Waals surface area contributed by atoms with Crippen molar-refractivity contribution in [1.29, 1.82) is 0 Å². The summed E-state index contributed by atoms with van der Waals surface area (Å²) in [6.45, 7) is 3.33. The van der Waals surface area contributed by atoms with Crippen molar-refractivity contribution in [2.24, 2.45) is 17.8 Å². The maximum Gasteiger partial charge on any atom is 0.490 e. The van der Waals surface area contributed by atoms with Gasteiger partial charge >= 0.3 is 12.1 Å². The van der Waals surface area contributed by atoms with Crippen LogP contribution in [0.3, 0.4) is 0 Å². The van der Waals surface area contributed by atoms with Crippen molar-refractivity contribution in [1.82, 2.24) is 25.1 Å². The second-order valence-corrected chi connectivity index (χ2v) is 11.8. The summed E-state index contributed by atoms with van der Waals surface area (Å²) in [4.78, 5) is 23.2. The molecule has 7 rings (SSSR count). The van der Waals surface area contributed by atoms with Crippen LogP contribution >= 0.6 is 0 Å². The molecule has 4 bridgehead atoms. The number of aromatic amines is 1. The molecule has 0 spiro atoms. The number of rotatable bonds is 8. The fraction of sp³-hybridized carbons (Fsp3) is 0.692. The molecule has 7 atom stereocenters. The number of anilines is 3. The van der Waals surface area contributed by atoms with Crippen molar-refractivity contribution < 1.29 is 32.5 Å². The zero-order valence-corrected chi connectivity index (χ0v) is 22.4. The molecule has 11 nitrogen and oxygen atoms in total. The van der Waals surface area contributed by atoms with Crippen molar-refractivity contribution in [3.05, 3.63) is 17.8 Å². The first kappa shape index (κ1) is 27.1. The number of nitrogens with one attached hydrogen (secondary N) is 3. The largest absolute Gasteiger partial charge is 0.490 e. The first-order valence-corrected chi connectivity index (χ1v) is 13.7. The lowest BCUT2D eigenvalue weighted by Gasteiger charge is -2.61. The number of ether oxygens (including phenoxy) is 2. The number of hydrogen-bond acceptors (Lipinski definition) is 10. The molecule has 0 radical (unpaired) electrons. The summed E-state index contributed by atoms with van der Waals surface area (Å²) >= 11 is 0. The molecule has 3 heterocycles. The minimum atomic E-state index is -5.14. The van der Waals surface area contributed by atoms with Crippen molar-refractivity contribution >= 4 is 23.6 Å². The number of hydrogen-bond donors (Lipinski definition) is 4. The first-order valence-electron chi connectivity index (χ1n) is 13.7.